The summed E-state index contributed by atoms with van der Waals surface area (Å²) in [5.41, 5.74) is 0.764. The van der Waals surface area contributed by atoms with Crippen LogP contribution in [0.25, 0.3) is 0 Å². The molecule has 0 saturated carbocycles. The van der Waals surface area contributed by atoms with E-state index in [0.29, 0.717) is 19.0 Å². The summed E-state index contributed by atoms with van der Waals surface area (Å²) in [6.07, 6.45) is 1.48. The second-order valence-electron chi connectivity index (χ2n) is 4.76. The highest BCUT2D eigenvalue weighted by atomic mass is 127. The molecule has 2 rings (SSSR count). The molecule has 0 spiro atoms. The lowest BCUT2D eigenvalue weighted by molar-refractivity contribution is -0.115. The molecule has 0 unspecified atom stereocenters. The number of aromatic nitrogens is 3. The molecule has 9 heteroatoms. The second kappa shape index (κ2) is 10.6. The molecule has 130 valence electrons. The molecule has 1 aromatic heterocycles. The largest absolute Gasteiger partial charge is 0.357 e. The van der Waals surface area contributed by atoms with E-state index >= 15 is 0 Å². The predicted molar refractivity (Wildman–Crippen MR) is 104 cm³/mol. The number of anilines is 1. The highest BCUT2D eigenvalue weighted by Crippen LogP contribution is 2.03. The minimum absolute atomic E-state index is 0. The molecule has 0 radical (unpaired) electrons. The van der Waals surface area contributed by atoms with Crippen molar-refractivity contribution in [3.05, 3.63) is 42.5 Å². The molecule has 3 N–H and O–H groups in total. The summed E-state index contributed by atoms with van der Waals surface area (Å²) in [5, 5.41) is 12.9. The zero-order chi connectivity index (χ0) is 16.5. The van der Waals surface area contributed by atoms with Crippen LogP contribution in [0.2, 0.25) is 0 Å². The first-order valence-corrected chi connectivity index (χ1v) is 7.39. The van der Waals surface area contributed by atoms with Crippen LogP contribution in [-0.2, 0) is 18.4 Å². The molecule has 0 aliphatic carbocycles. The fourth-order valence-corrected chi connectivity index (χ4v) is 1.85. The van der Waals surface area contributed by atoms with E-state index in [-0.39, 0.29) is 36.4 Å². The molecular formula is C15H22IN7O. The number of benzene rings is 1. The van der Waals surface area contributed by atoms with Gasteiger partial charge in [-0.2, -0.15) is 5.10 Å². The summed E-state index contributed by atoms with van der Waals surface area (Å²) in [6, 6.07) is 9.32. The lowest BCUT2D eigenvalue weighted by atomic mass is 10.3. The maximum absolute atomic E-state index is 11.9. The highest BCUT2D eigenvalue weighted by molar-refractivity contribution is 14.0. The zero-order valence-corrected chi connectivity index (χ0v) is 16.0. The summed E-state index contributed by atoms with van der Waals surface area (Å²) in [7, 11) is 1.81. The number of para-hydroxylation sites is 1. The summed E-state index contributed by atoms with van der Waals surface area (Å²) in [6.45, 7) is 3.17. The van der Waals surface area contributed by atoms with E-state index in [0.717, 1.165) is 11.5 Å². The van der Waals surface area contributed by atoms with E-state index in [1.54, 1.807) is 4.68 Å². The summed E-state index contributed by atoms with van der Waals surface area (Å²) >= 11 is 0. The van der Waals surface area contributed by atoms with Gasteiger partial charge in [0.25, 0.3) is 0 Å². The maximum Gasteiger partial charge on any atom is 0.243 e. The first-order chi connectivity index (χ1) is 11.2. The molecule has 0 saturated heterocycles. The highest BCUT2D eigenvalue weighted by Gasteiger charge is 2.05. The standard InChI is InChI=1S/C15H21N7O.HI/c1-3-16-15(17-9-13-19-11-20-22(13)2)18-10-14(23)21-12-7-5-4-6-8-12;/h4-8,11H,3,9-10H2,1-2H3,(H,21,23)(H2,16,17,18);1H. The van der Waals surface area contributed by atoms with Crippen molar-refractivity contribution in [3.8, 4) is 0 Å². The smallest absolute Gasteiger partial charge is 0.243 e. The Morgan fingerprint density at radius 2 is 2.00 bits per heavy atom. The van der Waals surface area contributed by atoms with Crippen molar-refractivity contribution >= 4 is 41.5 Å². The van der Waals surface area contributed by atoms with Gasteiger partial charge in [-0.15, -0.1) is 24.0 Å². The van der Waals surface area contributed by atoms with E-state index in [4.69, 9.17) is 0 Å². The Balaban J connectivity index is 0.00000288. The SMILES string of the molecule is CCNC(=NCc1ncnn1C)NCC(=O)Nc1ccccc1.I. The van der Waals surface area contributed by atoms with Gasteiger partial charge in [0.15, 0.2) is 5.96 Å². The van der Waals surface area contributed by atoms with Crippen molar-refractivity contribution in [2.45, 2.75) is 13.5 Å². The number of nitrogens with zero attached hydrogens (tertiary/aromatic N) is 4. The lowest BCUT2D eigenvalue weighted by Gasteiger charge is -2.11. The van der Waals surface area contributed by atoms with Crippen LogP contribution in [0, 0.1) is 0 Å². The molecule has 8 nitrogen and oxygen atoms in total. The predicted octanol–water partition coefficient (Wildman–Crippen LogP) is 1.13. The van der Waals surface area contributed by atoms with Gasteiger partial charge in [-0.25, -0.2) is 9.98 Å². The monoisotopic (exact) mass is 443 g/mol. The molecule has 0 atom stereocenters. The number of guanidine groups is 1. The first kappa shape index (κ1) is 19.9. The third-order valence-electron chi connectivity index (χ3n) is 3.00. The quantitative estimate of drug-likeness (QED) is 0.354. The number of hydrogen-bond donors (Lipinski definition) is 3. The molecule has 2 aromatic rings. The van der Waals surface area contributed by atoms with E-state index < -0.39 is 0 Å². The van der Waals surface area contributed by atoms with Crippen molar-refractivity contribution in [1.29, 1.82) is 0 Å². The fraction of sp³-hybridized carbons (Fsp3) is 0.333. The maximum atomic E-state index is 11.9. The minimum atomic E-state index is -0.138. The van der Waals surface area contributed by atoms with Gasteiger partial charge in [-0.3, -0.25) is 9.48 Å². The third-order valence-corrected chi connectivity index (χ3v) is 3.00. The Bertz CT molecular complexity index is 657. The van der Waals surface area contributed by atoms with Crippen LogP contribution in [0.5, 0.6) is 0 Å². The van der Waals surface area contributed by atoms with Crippen LogP contribution in [0.3, 0.4) is 0 Å². The van der Waals surface area contributed by atoms with E-state index in [1.807, 2.05) is 44.3 Å². The van der Waals surface area contributed by atoms with Gasteiger partial charge in [0.05, 0.1) is 6.54 Å². The van der Waals surface area contributed by atoms with Gasteiger partial charge in [0.1, 0.15) is 18.7 Å². The average molecular weight is 443 g/mol. The van der Waals surface area contributed by atoms with Gasteiger partial charge < -0.3 is 16.0 Å². The summed E-state index contributed by atoms with van der Waals surface area (Å²) in [4.78, 5) is 20.4. The van der Waals surface area contributed by atoms with Crippen molar-refractivity contribution in [3.63, 3.8) is 0 Å². The Hall–Kier alpha value is -2.17. The number of carbonyl (C=O) groups excluding carboxylic acids is 1. The lowest BCUT2D eigenvalue weighted by Crippen LogP contribution is -2.41. The minimum Gasteiger partial charge on any atom is -0.357 e. The number of aliphatic imine (C=N–C) groups is 1. The number of nitrogens with one attached hydrogen (secondary N) is 3. The van der Waals surface area contributed by atoms with Gasteiger partial charge in [0.2, 0.25) is 5.91 Å². The van der Waals surface area contributed by atoms with Crippen molar-refractivity contribution in [1.82, 2.24) is 25.4 Å². The Kier molecular flexibility index (Phi) is 8.76. The molecule has 1 aromatic carbocycles. The number of carbonyl (C=O) groups is 1. The average Bonchev–Trinajstić information content (AvgIpc) is 2.96. The van der Waals surface area contributed by atoms with Crippen molar-refractivity contribution < 1.29 is 4.79 Å². The fourth-order valence-electron chi connectivity index (χ4n) is 1.85. The van der Waals surface area contributed by atoms with Crippen LogP contribution < -0.4 is 16.0 Å². The Morgan fingerprint density at radius 1 is 1.25 bits per heavy atom. The van der Waals surface area contributed by atoms with Gasteiger partial charge in [-0.1, -0.05) is 18.2 Å². The van der Waals surface area contributed by atoms with Crippen LogP contribution in [0.4, 0.5) is 5.69 Å². The number of aryl methyl sites for hydroxylation is 1. The number of amides is 1. The summed E-state index contributed by atoms with van der Waals surface area (Å²) in [5.74, 6) is 1.16. The second-order valence-corrected chi connectivity index (χ2v) is 4.76. The first-order valence-electron chi connectivity index (χ1n) is 7.39. The number of halogens is 1. The molecule has 24 heavy (non-hydrogen) atoms. The third kappa shape index (κ3) is 6.52. The number of rotatable bonds is 6. The summed E-state index contributed by atoms with van der Waals surface area (Å²) < 4.78 is 1.66. The van der Waals surface area contributed by atoms with E-state index in [9.17, 15) is 4.79 Å². The van der Waals surface area contributed by atoms with Gasteiger partial charge in [-0.05, 0) is 19.1 Å². The Labute approximate surface area is 158 Å². The molecule has 0 aliphatic rings. The van der Waals surface area contributed by atoms with Gasteiger partial charge >= 0.3 is 0 Å². The molecular weight excluding hydrogens is 421 g/mol. The van der Waals surface area contributed by atoms with Gasteiger partial charge in [0, 0.05) is 19.3 Å². The van der Waals surface area contributed by atoms with Crippen LogP contribution >= 0.6 is 24.0 Å². The molecule has 1 heterocycles. The van der Waals surface area contributed by atoms with Crippen LogP contribution in [-0.4, -0.2) is 39.7 Å². The molecule has 1 amide bonds. The van der Waals surface area contributed by atoms with Crippen LogP contribution in [0.15, 0.2) is 41.7 Å². The van der Waals surface area contributed by atoms with Crippen molar-refractivity contribution in [2.24, 2.45) is 12.0 Å². The molecule has 0 bridgehead atoms. The number of hydrogen-bond acceptors (Lipinski definition) is 4. The topological polar surface area (TPSA) is 96.2 Å². The molecule has 0 aliphatic heterocycles. The van der Waals surface area contributed by atoms with Crippen LogP contribution in [0.1, 0.15) is 12.7 Å². The van der Waals surface area contributed by atoms with E-state index in [1.165, 1.54) is 6.33 Å². The van der Waals surface area contributed by atoms with Crippen molar-refractivity contribution in [2.75, 3.05) is 18.4 Å². The normalized spacial score (nSPS) is 10.7. The molecule has 0 fully saturated rings. The van der Waals surface area contributed by atoms with E-state index in [2.05, 4.69) is 31.0 Å². The Morgan fingerprint density at radius 3 is 2.62 bits per heavy atom. The zero-order valence-electron chi connectivity index (χ0n) is 13.7.